The summed E-state index contributed by atoms with van der Waals surface area (Å²) in [5.41, 5.74) is 2.45. The number of hydrogen-bond acceptors (Lipinski definition) is 4. The highest BCUT2D eigenvalue weighted by Crippen LogP contribution is 2.58. The van der Waals surface area contributed by atoms with Crippen molar-refractivity contribution in [2.45, 2.75) is 44.6 Å². The highest BCUT2D eigenvalue weighted by molar-refractivity contribution is 9.10. The number of aromatic nitrogens is 2. The molecule has 2 aliphatic carbocycles. The molecule has 1 aliphatic heterocycles. The van der Waals surface area contributed by atoms with Crippen molar-refractivity contribution >= 4 is 27.9 Å². The number of carbonyl (C=O) groups excluding carboxylic acids is 2. The largest absolute Gasteiger partial charge is 0.453 e. The predicted molar refractivity (Wildman–Crippen MR) is 145 cm³/mol. The Morgan fingerprint density at radius 1 is 1.21 bits per heavy atom. The molecule has 39 heavy (non-hydrogen) atoms. The minimum atomic E-state index is -3.10. The molecule has 0 bridgehead atoms. The number of ether oxygens (including phenoxy) is 1. The van der Waals surface area contributed by atoms with E-state index in [4.69, 9.17) is 0 Å². The average molecular weight is 599 g/mol. The molecule has 6 rings (SSSR count). The van der Waals surface area contributed by atoms with E-state index in [9.17, 15) is 9.59 Å². The number of hydrogen-bond donors (Lipinski definition) is 2. The number of likely N-dealkylation sites (tertiary alicyclic amines) is 1. The molecule has 2 atom stereocenters. The Morgan fingerprint density at radius 3 is 2.64 bits per heavy atom. The van der Waals surface area contributed by atoms with Gasteiger partial charge in [0, 0.05) is 40.7 Å². The third-order valence-electron chi connectivity index (χ3n) is 8.28. The fourth-order valence-electron chi connectivity index (χ4n) is 5.93. The summed E-state index contributed by atoms with van der Waals surface area (Å²) in [7, 11) is 1.30. The van der Waals surface area contributed by atoms with Crippen molar-refractivity contribution in [2.75, 3.05) is 20.2 Å². The number of amides is 2. The number of alkyl halides is 2. The first-order chi connectivity index (χ1) is 18.6. The van der Waals surface area contributed by atoms with E-state index in [-0.39, 0.29) is 34.4 Å². The maximum Gasteiger partial charge on any atom is 0.406 e. The second kappa shape index (κ2) is 9.43. The van der Waals surface area contributed by atoms with Gasteiger partial charge in [0.05, 0.1) is 25.0 Å². The molecule has 2 amide bonds. The molecule has 0 radical (unpaired) electrons. The number of imidazole rings is 1. The van der Waals surface area contributed by atoms with Crippen molar-refractivity contribution in [3.05, 3.63) is 64.0 Å². The Hall–Kier alpha value is -3.27. The second-order valence-corrected chi connectivity index (χ2v) is 12.0. The molecular weight excluding hydrogens is 570 g/mol. The molecule has 7 nitrogen and oxygen atoms in total. The number of benzene rings is 2. The Bertz CT molecular complexity index is 1470. The van der Waals surface area contributed by atoms with Crippen LogP contribution < -0.4 is 5.32 Å². The van der Waals surface area contributed by atoms with E-state index in [2.05, 4.69) is 36.0 Å². The van der Waals surface area contributed by atoms with Crippen LogP contribution in [0.25, 0.3) is 22.4 Å². The van der Waals surface area contributed by atoms with Crippen molar-refractivity contribution < 1.29 is 23.1 Å². The second-order valence-electron chi connectivity index (χ2n) is 11.1. The Morgan fingerprint density at radius 2 is 1.92 bits per heavy atom. The van der Waals surface area contributed by atoms with Gasteiger partial charge in [0.15, 0.2) is 0 Å². The number of halogens is 3. The van der Waals surface area contributed by atoms with Crippen LogP contribution in [0.5, 0.6) is 0 Å². The monoisotopic (exact) mass is 598 g/mol. The lowest BCUT2D eigenvalue weighted by atomic mass is 10.0. The van der Waals surface area contributed by atoms with Gasteiger partial charge in [-0.15, -0.1) is 0 Å². The number of alkyl carbamates (subject to hydrolysis) is 1. The predicted octanol–water partition coefficient (Wildman–Crippen LogP) is 6.40. The van der Waals surface area contributed by atoms with Gasteiger partial charge in [-0.25, -0.2) is 9.78 Å². The smallest absolute Gasteiger partial charge is 0.406 e. The van der Waals surface area contributed by atoms with E-state index in [1.807, 2.05) is 17.9 Å². The summed E-state index contributed by atoms with van der Waals surface area (Å²) < 4.78 is 36.0. The number of H-pyrrole nitrogens is 1. The van der Waals surface area contributed by atoms with Crippen LogP contribution in [0.15, 0.2) is 47.1 Å². The number of methoxy groups -OCH3 is 1. The highest BCUT2D eigenvalue weighted by Gasteiger charge is 2.54. The summed E-state index contributed by atoms with van der Waals surface area (Å²) in [6.45, 7) is 2.94. The number of fused-ring (bicyclic) bond motifs is 3. The molecule has 2 unspecified atom stereocenters. The fourth-order valence-corrected chi connectivity index (χ4v) is 6.30. The van der Waals surface area contributed by atoms with E-state index in [1.54, 1.807) is 24.4 Å². The number of rotatable bonds is 6. The lowest BCUT2D eigenvalue weighted by Crippen LogP contribution is -2.35. The first kappa shape index (κ1) is 26.0. The SMILES string of the molecule is COC(=O)NCC(C)CC(=O)N1CC2(CC2)CC1c1ncc(-c2ccc3c(c2)C(F)(F)c2cc(Br)ccc2-3)[nH]1. The molecule has 204 valence electrons. The zero-order chi connectivity index (χ0) is 27.5. The van der Waals surface area contributed by atoms with Crippen LogP contribution in [0.3, 0.4) is 0 Å². The molecule has 2 aromatic carbocycles. The van der Waals surface area contributed by atoms with Gasteiger partial charge >= 0.3 is 6.09 Å². The van der Waals surface area contributed by atoms with Crippen LogP contribution >= 0.6 is 15.9 Å². The number of carbonyl (C=O) groups is 2. The minimum absolute atomic E-state index is 0.000167. The Balaban J connectivity index is 1.23. The summed E-state index contributed by atoms with van der Waals surface area (Å²) in [6.07, 6.45) is 4.42. The Kier molecular flexibility index (Phi) is 6.28. The van der Waals surface area contributed by atoms with Gasteiger partial charge in [-0.1, -0.05) is 41.1 Å². The summed E-state index contributed by atoms with van der Waals surface area (Å²) in [6, 6.07) is 9.89. The van der Waals surface area contributed by atoms with Gasteiger partial charge in [0.1, 0.15) is 5.82 Å². The van der Waals surface area contributed by atoms with Gasteiger partial charge in [0.2, 0.25) is 5.91 Å². The fraction of sp³-hybridized carbons (Fsp3) is 0.414. The molecule has 1 saturated carbocycles. The molecule has 2 N–H and O–H groups in total. The van der Waals surface area contributed by atoms with Crippen LogP contribution in [0, 0.1) is 11.3 Å². The van der Waals surface area contributed by atoms with Crippen LogP contribution in [-0.4, -0.2) is 47.1 Å². The topological polar surface area (TPSA) is 87.3 Å². The van der Waals surface area contributed by atoms with Gasteiger partial charge in [-0.2, -0.15) is 8.78 Å². The number of aromatic amines is 1. The standard InChI is InChI=1S/C29H29BrF2N4O3/c1-16(13-34-27(38)39-2)9-25(37)36-15-28(7-8-28)12-24(36)26-33-14-23(35-26)17-3-5-19-20-6-4-18(30)11-22(20)29(31,32)21(19)10-17/h3-6,10-11,14,16,24H,7-9,12-13,15H2,1-2H3,(H,33,35)(H,34,38). The molecule has 2 heterocycles. The summed E-state index contributed by atoms with van der Waals surface area (Å²) >= 11 is 3.31. The minimum Gasteiger partial charge on any atom is -0.453 e. The van der Waals surface area contributed by atoms with Gasteiger partial charge in [0.25, 0.3) is 5.92 Å². The maximum absolute atomic E-state index is 15.4. The zero-order valence-corrected chi connectivity index (χ0v) is 23.3. The van der Waals surface area contributed by atoms with Gasteiger partial charge < -0.3 is 19.9 Å². The van der Waals surface area contributed by atoms with E-state index in [0.29, 0.717) is 52.2 Å². The summed E-state index contributed by atoms with van der Waals surface area (Å²) in [4.78, 5) is 34.6. The molecule has 10 heteroatoms. The molecule has 3 aliphatic rings. The van der Waals surface area contributed by atoms with Crippen LogP contribution in [-0.2, 0) is 15.5 Å². The van der Waals surface area contributed by atoms with E-state index in [1.165, 1.54) is 19.2 Å². The highest BCUT2D eigenvalue weighted by atomic mass is 79.9. The summed E-state index contributed by atoms with van der Waals surface area (Å²) in [5, 5.41) is 2.65. The van der Waals surface area contributed by atoms with Crippen molar-refractivity contribution in [1.29, 1.82) is 0 Å². The van der Waals surface area contributed by atoms with Crippen molar-refractivity contribution in [2.24, 2.45) is 11.3 Å². The van der Waals surface area contributed by atoms with E-state index < -0.39 is 12.0 Å². The molecular formula is C29H29BrF2N4O3. The third kappa shape index (κ3) is 4.62. The number of nitrogens with one attached hydrogen (secondary N) is 2. The van der Waals surface area contributed by atoms with Crippen molar-refractivity contribution in [3.63, 3.8) is 0 Å². The number of nitrogens with zero attached hydrogens (tertiary/aromatic N) is 2. The third-order valence-corrected chi connectivity index (χ3v) is 8.77. The van der Waals surface area contributed by atoms with Gasteiger partial charge in [-0.3, -0.25) is 4.79 Å². The first-order valence-corrected chi connectivity index (χ1v) is 13.9. The normalized spacial score (nSPS) is 20.4. The van der Waals surface area contributed by atoms with E-state index >= 15 is 8.78 Å². The van der Waals surface area contributed by atoms with Crippen molar-refractivity contribution in [3.8, 4) is 22.4 Å². The summed E-state index contributed by atoms with van der Waals surface area (Å²) in [5.74, 6) is -2.47. The lowest BCUT2D eigenvalue weighted by Gasteiger charge is -2.25. The lowest BCUT2D eigenvalue weighted by molar-refractivity contribution is -0.133. The molecule has 1 aromatic heterocycles. The Labute approximate surface area is 233 Å². The first-order valence-electron chi connectivity index (χ1n) is 13.1. The van der Waals surface area contributed by atoms with Crippen molar-refractivity contribution in [1.82, 2.24) is 20.2 Å². The van der Waals surface area contributed by atoms with E-state index in [0.717, 1.165) is 19.3 Å². The van der Waals surface area contributed by atoms with Crippen LogP contribution in [0.2, 0.25) is 0 Å². The van der Waals surface area contributed by atoms with Crippen LogP contribution in [0.1, 0.15) is 55.6 Å². The molecule has 1 spiro atoms. The van der Waals surface area contributed by atoms with Crippen LogP contribution in [0.4, 0.5) is 13.6 Å². The zero-order valence-electron chi connectivity index (χ0n) is 21.7. The average Bonchev–Trinajstić information content (AvgIpc) is 3.23. The molecule has 3 aromatic rings. The quantitative estimate of drug-likeness (QED) is 0.344. The maximum atomic E-state index is 15.4. The van der Waals surface area contributed by atoms with Gasteiger partial charge in [-0.05, 0) is 59.9 Å². The molecule has 1 saturated heterocycles. The molecule has 2 fully saturated rings.